The molecule has 1 rings (SSSR count). The molecule has 0 heterocycles. The van der Waals surface area contributed by atoms with E-state index in [1.807, 2.05) is 12.1 Å². The molecule has 0 saturated carbocycles. The summed E-state index contributed by atoms with van der Waals surface area (Å²) in [5.41, 5.74) is 6.01. The van der Waals surface area contributed by atoms with Crippen LogP contribution >= 0.6 is 11.8 Å². The molecule has 0 fully saturated rings. The van der Waals surface area contributed by atoms with Gasteiger partial charge >= 0.3 is 0 Å². The van der Waals surface area contributed by atoms with Crippen LogP contribution in [0.4, 0.5) is 4.39 Å². The summed E-state index contributed by atoms with van der Waals surface area (Å²) in [7, 11) is 0. The minimum Gasteiger partial charge on any atom is -0.327 e. The van der Waals surface area contributed by atoms with E-state index in [4.69, 9.17) is 5.73 Å². The zero-order valence-corrected chi connectivity index (χ0v) is 11.3. The van der Waals surface area contributed by atoms with Crippen molar-refractivity contribution in [2.45, 2.75) is 50.0 Å². The van der Waals surface area contributed by atoms with E-state index in [-0.39, 0.29) is 11.9 Å². The van der Waals surface area contributed by atoms with Crippen molar-refractivity contribution in [1.82, 2.24) is 0 Å². The number of benzene rings is 1. The monoisotopic (exact) mass is 255 g/mol. The second-order valence-electron chi connectivity index (χ2n) is 4.35. The molecule has 1 aromatic rings. The Labute approximate surface area is 108 Å². The van der Waals surface area contributed by atoms with E-state index >= 15 is 0 Å². The molecule has 1 atom stereocenters. The molecule has 17 heavy (non-hydrogen) atoms. The molecule has 0 aromatic heterocycles. The Bertz CT molecular complexity index is 317. The number of halogens is 1. The average Bonchev–Trinajstić information content (AvgIpc) is 2.34. The predicted octanol–water partition coefficient (Wildman–Crippen LogP) is 4.22. The molecule has 1 aromatic carbocycles. The van der Waals surface area contributed by atoms with Gasteiger partial charge in [0.2, 0.25) is 0 Å². The van der Waals surface area contributed by atoms with Gasteiger partial charge in [-0.25, -0.2) is 4.39 Å². The smallest absolute Gasteiger partial charge is 0.136 e. The van der Waals surface area contributed by atoms with Crippen LogP contribution in [0, 0.1) is 5.82 Å². The van der Waals surface area contributed by atoms with Crippen molar-refractivity contribution in [3.8, 4) is 0 Å². The highest BCUT2D eigenvalue weighted by atomic mass is 32.2. The Kier molecular flexibility index (Phi) is 7.29. The van der Waals surface area contributed by atoms with Crippen molar-refractivity contribution in [2.75, 3.05) is 5.75 Å². The third kappa shape index (κ3) is 6.08. The Morgan fingerprint density at radius 3 is 2.71 bits per heavy atom. The summed E-state index contributed by atoms with van der Waals surface area (Å²) in [6.45, 7) is 2.20. The van der Waals surface area contributed by atoms with Crippen molar-refractivity contribution in [3.05, 3.63) is 30.1 Å². The second kappa shape index (κ2) is 8.54. The van der Waals surface area contributed by atoms with Crippen LogP contribution in [0.5, 0.6) is 0 Å². The Balaban J connectivity index is 2.19. The van der Waals surface area contributed by atoms with Gasteiger partial charge in [0, 0.05) is 16.7 Å². The van der Waals surface area contributed by atoms with E-state index in [1.165, 1.54) is 43.5 Å². The van der Waals surface area contributed by atoms with Crippen molar-refractivity contribution in [1.29, 1.82) is 0 Å². The third-order valence-corrected chi connectivity index (χ3v) is 3.95. The lowest BCUT2D eigenvalue weighted by Crippen LogP contribution is -2.22. The van der Waals surface area contributed by atoms with E-state index in [9.17, 15) is 4.39 Å². The number of thioether (sulfide) groups is 1. The third-order valence-electron chi connectivity index (χ3n) is 2.72. The van der Waals surface area contributed by atoms with Crippen molar-refractivity contribution < 1.29 is 4.39 Å². The fourth-order valence-corrected chi connectivity index (χ4v) is 2.62. The normalized spacial score (nSPS) is 12.6. The molecule has 2 N–H and O–H groups in total. The van der Waals surface area contributed by atoms with E-state index in [1.54, 1.807) is 6.07 Å². The minimum atomic E-state index is -0.143. The van der Waals surface area contributed by atoms with Crippen LogP contribution in [0.1, 0.15) is 39.0 Å². The molecule has 3 heteroatoms. The van der Waals surface area contributed by atoms with E-state index < -0.39 is 0 Å². The molecule has 0 amide bonds. The quantitative estimate of drug-likeness (QED) is 0.556. The highest BCUT2D eigenvalue weighted by molar-refractivity contribution is 7.99. The van der Waals surface area contributed by atoms with Gasteiger partial charge < -0.3 is 5.73 Å². The molecule has 0 bridgehead atoms. The second-order valence-corrected chi connectivity index (χ2v) is 5.41. The zero-order valence-electron chi connectivity index (χ0n) is 10.5. The lowest BCUT2D eigenvalue weighted by Gasteiger charge is -2.11. The van der Waals surface area contributed by atoms with Gasteiger partial charge in [-0.1, -0.05) is 44.7 Å². The first-order chi connectivity index (χ1) is 8.24. The number of rotatable bonds is 8. The highest BCUT2D eigenvalue weighted by Crippen LogP contribution is 2.22. The van der Waals surface area contributed by atoms with Crippen molar-refractivity contribution >= 4 is 11.8 Å². The fraction of sp³-hybridized carbons (Fsp3) is 0.571. The molecular weight excluding hydrogens is 233 g/mol. The average molecular weight is 255 g/mol. The standard InChI is InChI=1S/C14H22FNS/c1-2-3-4-5-8-12(16)11-17-14-10-7-6-9-13(14)15/h6-7,9-10,12H,2-5,8,11,16H2,1H3. The van der Waals surface area contributed by atoms with E-state index in [2.05, 4.69) is 6.92 Å². The van der Waals surface area contributed by atoms with Crippen LogP contribution in [0.3, 0.4) is 0 Å². The molecule has 0 saturated heterocycles. The van der Waals surface area contributed by atoms with Crippen molar-refractivity contribution in [2.24, 2.45) is 5.73 Å². The number of hydrogen-bond donors (Lipinski definition) is 1. The largest absolute Gasteiger partial charge is 0.327 e. The van der Waals surface area contributed by atoms with Gasteiger partial charge in [0.05, 0.1) is 0 Å². The Morgan fingerprint density at radius 2 is 2.00 bits per heavy atom. The van der Waals surface area contributed by atoms with Gasteiger partial charge in [0.25, 0.3) is 0 Å². The molecule has 1 nitrogen and oxygen atoms in total. The lowest BCUT2D eigenvalue weighted by atomic mass is 10.1. The molecule has 0 aliphatic carbocycles. The maximum absolute atomic E-state index is 13.3. The summed E-state index contributed by atoms with van der Waals surface area (Å²) in [6, 6.07) is 7.05. The van der Waals surface area contributed by atoms with Gasteiger partial charge in [-0.15, -0.1) is 11.8 Å². The summed E-state index contributed by atoms with van der Waals surface area (Å²) < 4.78 is 13.3. The van der Waals surface area contributed by atoms with Crippen LogP contribution in [0.15, 0.2) is 29.2 Å². The SMILES string of the molecule is CCCCCCC(N)CSc1ccccc1F. The van der Waals surface area contributed by atoms with E-state index in [0.29, 0.717) is 4.90 Å². The van der Waals surface area contributed by atoms with Crippen LogP contribution in [-0.4, -0.2) is 11.8 Å². The first kappa shape index (κ1) is 14.5. The highest BCUT2D eigenvalue weighted by Gasteiger charge is 2.06. The Morgan fingerprint density at radius 1 is 1.24 bits per heavy atom. The van der Waals surface area contributed by atoms with Gasteiger partial charge in [0.1, 0.15) is 5.82 Å². The topological polar surface area (TPSA) is 26.0 Å². The zero-order chi connectivity index (χ0) is 12.5. The molecule has 0 spiro atoms. The molecule has 0 aliphatic heterocycles. The van der Waals surface area contributed by atoms with Gasteiger partial charge in [0.15, 0.2) is 0 Å². The molecule has 96 valence electrons. The summed E-state index contributed by atoms with van der Waals surface area (Å²) in [5, 5.41) is 0. The van der Waals surface area contributed by atoms with Gasteiger partial charge in [-0.3, -0.25) is 0 Å². The fourth-order valence-electron chi connectivity index (χ4n) is 1.68. The summed E-state index contributed by atoms with van der Waals surface area (Å²) in [5.74, 6) is 0.656. The van der Waals surface area contributed by atoms with Gasteiger partial charge in [-0.2, -0.15) is 0 Å². The summed E-state index contributed by atoms with van der Waals surface area (Å²) in [6.07, 6.45) is 6.02. The van der Waals surface area contributed by atoms with E-state index in [0.717, 1.165) is 12.2 Å². The molecule has 0 radical (unpaired) electrons. The van der Waals surface area contributed by atoms with Crippen LogP contribution in [-0.2, 0) is 0 Å². The van der Waals surface area contributed by atoms with Crippen LogP contribution in [0.2, 0.25) is 0 Å². The minimum absolute atomic E-state index is 0.143. The molecule has 1 unspecified atom stereocenters. The van der Waals surface area contributed by atoms with Crippen molar-refractivity contribution in [3.63, 3.8) is 0 Å². The predicted molar refractivity (Wildman–Crippen MR) is 73.9 cm³/mol. The van der Waals surface area contributed by atoms with Crippen LogP contribution < -0.4 is 5.73 Å². The maximum atomic E-state index is 13.3. The number of nitrogens with two attached hydrogens (primary N) is 1. The Hall–Kier alpha value is -0.540. The maximum Gasteiger partial charge on any atom is 0.136 e. The summed E-state index contributed by atoms with van der Waals surface area (Å²) >= 11 is 1.52. The molecular formula is C14H22FNS. The van der Waals surface area contributed by atoms with Gasteiger partial charge in [-0.05, 0) is 18.6 Å². The summed E-state index contributed by atoms with van der Waals surface area (Å²) in [4.78, 5) is 0.705. The van der Waals surface area contributed by atoms with Crippen LogP contribution in [0.25, 0.3) is 0 Å². The first-order valence-electron chi connectivity index (χ1n) is 6.37. The lowest BCUT2D eigenvalue weighted by molar-refractivity contribution is 0.578. The number of hydrogen-bond acceptors (Lipinski definition) is 2. The molecule has 0 aliphatic rings. The first-order valence-corrected chi connectivity index (χ1v) is 7.35. The number of unbranched alkanes of at least 4 members (excludes halogenated alkanes) is 3.